The molecule has 236 valence electrons. The number of alkyl halides is 3. The molecular formula is C33H39F3N4O4. The maximum absolute atomic E-state index is 14.0. The van der Waals surface area contributed by atoms with E-state index in [9.17, 15) is 32.8 Å². The predicted octanol–water partition coefficient (Wildman–Crippen LogP) is 6.00. The Morgan fingerprint density at radius 3 is 2.48 bits per heavy atom. The summed E-state index contributed by atoms with van der Waals surface area (Å²) in [7, 11) is 0. The van der Waals surface area contributed by atoms with Crippen LogP contribution in [-0.4, -0.2) is 63.4 Å². The standard InChI is InChI=1S/C33H39F3N4O4/c1-2-9-27-24(12-8-19-40(27)31(44)29-26(33(34,35)36)14-7-18-38-29)30(43)39-20-16-32(22-37,17-21-39)25-13-5-3-10-23(25)11-4-6-15-28(41)42/h3,5,7,10,13-14,18,24,27H,2,4,6,8-9,11-12,15-17,19-21H2,1H3,(H,41,42). The van der Waals surface area contributed by atoms with Gasteiger partial charge in [-0.3, -0.25) is 19.4 Å². The summed E-state index contributed by atoms with van der Waals surface area (Å²) < 4.78 is 41.1. The molecule has 1 aromatic carbocycles. The highest BCUT2D eigenvalue weighted by Crippen LogP contribution is 2.39. The normalized spacial score (nSPS) is 20.2. The van der Waals surface area contributed by atoms with Gasteiger partial charge in [-0.2, -0.15) is 18.4 Å². The van der Waals surface area contributed by atoms with Gasteiger partial charge < -0.3 is 14.9 Å². The number of pyridine rings is 1. The highest BCUT2D eigenvalue weighted by atomic mass is 19.4. The first-order chi connectivity index (χ1) is 21.0. The molecule has 0 saturated carbocycles. The molecule has 2 aromatic rings. The monoisotopic (exact) mass is 612 g/mol. The van der Waals surface area contributed by atoms with Crippen molar-refractivity contribution >= 4 is 17.8 Å². The molecule has 2 fully saturated rings. The number of aryl methyl sites for hydroxylation is 1. The highest BCUT2D eigenvalue weighted by Gasteiger charge is 2.45. The van der Waals surface area contributed by atoms with Crippen LogP contribution in [0.5, 0.6) is 0 Å². The van der Waals surface area contributed by atoms with E-state index in [-0.39, 0.29) is 18.9 Å². The molecule has 2 atom stereocenters. The minimum atomic E-state index is -4.73. The van der Waals surface area contributed by atoms with Crippen LogP contribution in [0.2, 0.25) is 0 Å². The van der Waals surface area contributed by atoms with E-state index >= 15 is 0 Å². The zero-order valence-corrected chi connectivity index (χ0v) is 25.0. The Hall–Kier alpha value is -3.94. The molecule has 0 bridgehead atoms. The van der Waals surface area contributed by atoms with Crippen LogP contribution < -0.4 is 0 Å². The average Bonchev–Trinajstić information content (AvgIpc) is 3.02. The zero-order valence-electron chi connectivity index (χ0n) is 25.0. The van der Waals surface area contributed by atoms with Gasteiger partial charge in [0.25, 0.3) is 5.91 Å². The Kier molecular flexibility index (Phi) is 10.7. The second kappa shape index (κ2) is 14.2. The van der Waals surface area contributed by atoms with Crippen LogP contribution in [-0.2, 0) is 27.6 Å². The second-order valence-electron chi connectivity index (χ2n) is 11.8. The maximum Gasteiger partial charge on any atom is 0.418 e. The first-order valence-electron chi connectivity index (χ1n) is 15.4. The number of nitrogens with zero attached hydrogens (tertiary/aromatic N) is 4. The summed E-state index contributed by atoms with van der Waals surface area (Å²) in [5, 5.41) is 19.3. The molecule has 1 N–H and O–H groups in total. The second-order valence-corrected chi connectivity index (χ2v) is 11.8. The van der Waals surface area contributed by atoms with Gasteiger partial charge in [-0.25, -0.2) is 0 Å². The predicted molar refractivity (Wildman–Crippen MR) is 156 cm³/mol. The van der Waals surface area contributed by atoms with Gasteiger partial charge in [0.1, 0.15) is 5.69 Å². The van der Waals surface area contributed by atoms with Gasteiger partial charge >= 0.3 is 12.1 Å². The molecule has 11 heteroatoms. The number of carboxylic acid groups (broad SMARTS) is 1. The molecule has 3 heterocycles. The van der Waals surface area contributed by atoms with Crippen molar-refractivity contribution in [2.24, 2.45) is 5.92 Å². The van der Waals surface area contributed by atoms with Crippen molar-refractivity contribution in [1.82, 2.24) is 14.8 Å². The summed E-state index contributed by atoms with van der Waals surface area (Å²) in [6.45, 7) is 2.87. The third-order valence-electron chi connectivity index (χ3n) is 9.02. The fourth-order valence-electron chi connectivity index (χ4n) is 6.77. The molecule has 2 amide bonds. The number of carboxylic acids is 1. The zero-order chi connectivity index (χ0) is 31.9. The van der Waals surface area contributed by atoms with Gasteiger partial charge in [0, 0.05) is 38.3 Å². The summed E-state index contributed by atoms with van der Waals surface area (Å²) >= 11 is 0. The van der Waals surface area contributed by atoms with Crippen LogP contribution in [0, 0.1) is 17.2 Å². The molecule has 2 unspecified atom stereocenters. The first kappa shape index (κ1) is 33.0. The third-order valence-corrected chi connectivity index (χ3v) is 9.02. The summed E-state index contributed by atoms with van der Waals surface area (Å²) in [5.41, 5.74) is -0.590. The van der Waals surface area contributed by atoms with E-state index < -0.39 is 46.7 Å². The van der Waals surface area contributed by atoms with Crippen molar-refractivity contribution in [2.75, 3.05) is 19.6 Å². The minimum absolute atomic E-state index is 0.0944. The fourth-order valence-corrected chi connectivity index (χ4v) is 6.77. The first-order valence-corrected chi connectivity index (χ1v) is 15.4. The molecule has 2 aliphatic rings. The molecule has 2 aliphatic heterocycles. The number of aromatic nitrogens is 1. The topological polar surface area (TPSA) is 115 Å². The lowest BCUT2D eigenvalue weighted by atomic mass is 9.71. The number of unbranched alkanes of at least 4 members (excludes halogenated alkanes) is 1. The molecule has 8 nitrogen and oxygen atoms in total. The number of hydrogen-bond donors (Lipinski definition) is 1. The van der Waals surface area contributed by atoms with Gasteiger partial charge in [0.2, 0.25) is 5.91 Å². The Morgan fingerprint density at radius 1 is 1.09 bits per heavy atom. The molecule has 4 rings (SSSR count). The number of nitriles is 1. The SMILES string of the molecule is CCCC1C(C(=O)N2CCC(C#N)(c3ccccc3CCCCC(=O)O)CC2)CCCN1C(=O)c1ncccc1C(F)(F)F. The van der Waals surface area contributed by atoms with Crippen LogP contribution in [0.4, 0.5) is 13.2 Å². The average molecular weight is 613 g/mol. The highest BCUT2D eigenvalue weighted by molar-refractivity contribution is 5.95. The van der Waals surface area contributed by atoms with E-state index in [0.29, 0.717) is 70.9 Å². The summed E-state index contributed by atoms with van der Waals surface area (Å²) in [6.07, 6.45) is 1.42. The number of carbonyl (C=O) groups excluding carboxylic acids is 2. The minimum Gasteiger partial charge on any atom is -0.481 e. The maximum atomic E-state index is 14.0. The third kappa shape index (κ3) is 7.22. The number of rotatable bonds is 10. The van der Waals surface area contributed by atoms with Gasteiger partial charge in [-0.05, 0) is 74.6 Å². The van der Waals surface area contributed by atoms with Crippen molar-refractivity contribution in [3.63, 3.8) is 0 Å². The Bertz CT molecular complexity index is 1380. The largest absolute Gasteiger partial charge is 0.481 e. The number of piperidine rings is 2. The molecule has 0 radical (unpaired) electrons. The van der Waals surface area contributed by atoms with E-state index in [1.165, 1.54) is 11.1 Å². The van der Waals surface area contributed by atoms with Gasteiger partial charge in [-0.1, -0.05) is 37.6 Å². The van der Waals surface area contributed by atoms with E-state index in [4.69, 9.17) is 5.11 Å². The van der Waals surface area contributed by atoms with Crippen molar-refractivity contribution in [2.45, 2.75) is 88.8 Å². The number of amides is 2. The lowest BCUT2D eigenvalue weighted by Crippen LogP contribution is -2.55. The number of carbonyl (C=O) groups is 3. The fraction of sp³-hybridized carbons (Fsp3) is 0.545. The van der Waals surface area contributed by atoms with Crippen LogP contribution >= 0.6 is 0 Å². The summed E-state index contributed by atoms with van der Waals surface area (Å²) in [5.74, 6) is -2.33. The molecular weight excluding hydrogens is 573 g/mol. The molecule has 44 heavy (non-hydrogen) atoms. The number of halogens is 3. The molecule has 2 saturated heterocycles. The number of hydrogen-bond acceptors (Lipinski definition) is 5. The van der Waals surface area contributed by atoms with Gasteiger partial charge in [0.05, 0.1) is 23.0 Å². The van der Waals surface area contributed by atoms with Gasteiger partial charge in [-0.15, -0.1) is 0 Å². The molecule has 1 aromatic heterocycles. The van der Waals surface area contributed by atoms with Crippen molar-refractivity contribution in [1.29, 1.82) is 5.26 Å². The lowest BCUT2D eigenvalue weighted by Gasteiger charge is -2.44. The Morgan fingerprint density at radius 2 is 1.82 bits per heavy atom. The smallest absolute Gasteiger partial charge is 0.418 e. The van der Waals surface area contributed by atoms with Crippen molar-refractivity contribution in [3.8, 4) is 6.07 Å². The van der Waals surface area contributed by atoms with Crippen molar-refractivity contribution in [3.05, 3.63) is 65.0 Å². The lowest BCUT2D eigenvalue weighted by molar-refractivity contribution is -0.141. The van der Waals surface area contributed by atoms with E-state index in [0.717, 1.165) is 23.3 Å². The number of aliphatic carboxylic acids is 1. The number of benzene rings is 1. The van der Waals surface area contributed by atoms with E-state index in [2.05, 4.69) is 11.1 Å². The summed E-state index contributed by atoms with van der Waals surface area (Å²) in [4.78, 5) is 45.3. The quantitative estimate of drug-likeness (QED) is 0.329. The Labute approximate surface area is 255 Å². The van der Waals surface area contributed by atoms with Crippen molar-refractivity contribution < 1.29 is 32.7 Å². The van der Waals surface area contributed by atoms with E-state index in [1.807, 2.05) is 31.2 Å². The Balaban J connectivity index is 1.50. The molecule has 0 aliphatic carbocycles. The van der Waals surface area contributed by atoms with Crippen LogP contribution in [0.15, 0.2) is 42.6 Å². The molecule has 0 spiro atoms. The number of likely N-dealkylation sites (tertiary alicyclic amines) is 2. The summed E-state index contributed by atoms with van der Waals surface area (Å²) in [6, 6.07) is 11.7. The van der Waals surface area contributed by atoms with Crippen LogP contribution in [0.1, 0.15) is 91.9 Å². The van der Waals surface area contributed by atoms with E-state index in [1.54, 1.807) is 4.90 Å². The van der Waals surface area contributed by atoms with Gasteiger partial charge in [0.15, 0.2) is 0 Å². The van der Waals surface area contributed by atoms with Crippen LogP contribution in [0.25, 0.3) is 0 Å². The van der Waals surface area contributed by atoms with Crippen LogP contribution in [0.3, 0.4) is 0 Å².